The number of hydrogen-bond donors (Lipinski definition) is 1. The highest BCUT2D eigenvalue weighted by Crippen LogP contribution is 2.25. The number of urea groups is 1. The Bertz CT molecular complexity index is 1030. The van der Waals surface area contributed by atoms with Gasteiger partial charge in [-0.1, -0.05) is 6.07 Å². The second-order valence-corrected chi connectivity index (χ2v) is 9.65. The number of rotatable bonds is 6. The number of benzene rings is 2. The number of carbonyl (C=O) groups excluding carboxylic acids is 1. The Kier molecular flexibility index (Phi) is 8.33. The van der Waals surface area contributed by atoms with Crippen LogP contribution in [-0.2, 0) is 6.54 Å². The van der Waals surface area contributed by atoms with Crippen molar-refractivity contribution in [3.63, 3.8) is 0 Å². The lowest BCUT2D eigenvalue weighted by Crippen LogP contribution is -2.56. The number of nitrogens with one attached hydrogen (secondary N) is 1. The molecular formula is C26H31F5N4O. The molecule has 2 aromatic rings. The van der Waals surface area contributed by atoms with Gasteiger partial charge in [-0.2, -0.15) is 0 Å². The van der Waals surface area contributed by atoms with E-state index in [0.29, 0.717) is 32.1 Å². The van der Waals surface area contributed by atoms with Gasteiger partial charge in [-0.05, 0) is 57.3 Å². The molecule has 1 atom stereocenters. The Balaban J connectivity index is 1.18. The summed E-state index contributed by atoms with van der Waals surface area (Å²) in [4.78, 5) is 18.2. The van der Waals surface area contributed by atoms with Crippen molar-refractivity contribution in [3.8, 4) is 0 Å². The molecule has 2 aliphatic rings. The van der Waals surface area contributed by atoms with Crippen LogP contribution in [0.5, 0.6) is 0 Å². The summed E-state index contributed by atoms with van der Waals surface area (Å²) < 4.78 is 68.2. The molecule has 0 radical (unpaired) electrons. The van der Waals surface area contributed by atoms with Gasteiger partial charge in [-0.25, -0.2) is 26.7 Å². The Morgan fingerprint density at radius 1 is 0.944 bits per heavy atom. The predicted octanol–water partition coefficient (Wildman–Crippen LogP) is 4.90. The monoisotopic (exact) mass is 510 g/mol. The number of nitrogens with zero attached hydrogens (tertiary/aromatic N) is 3. The third-order valence-corrected chi connectivity index (χ3v) is 7.20. The Hall–Kier alpha value is -2.88. The topological polar surface area (TPSA) is 38.8 Å². The molecule has 2 heterocycles. The SMILES string of the molecule is C[C@@H]1CN(c2cc(F)c(F)c(F)c2)CCN1C(=O)NCCC1CCN(Cc2c(F)cccc2F)CC1. The molecule has 0 unspecified atom stereocenters. The normalized spacial score (nSPS) is 19.6. The van der Waals surface area contributed by atoms with Gasteiger partial charge in [0.25, 0.3) is 0 Å². The van der Waals surface area contributed by atoms with Crippen LogP contribution < -0.4 is 10.2 Å². The maximum Gasteiger partial charge on any atom is 0.317 e. The van der Waals surface area contributed by atoms with Crippen LogP contribution >= 0.6 is 0 Å². The maximum absolute atomic E-state index is 13.9. The first-order valence-electron chi connectivity index (χ1n) is 12.3. The standard InChI is InChI=1S/C26H31F5N4O/c1-17-15-34(19-13-23(29)25(31)24(30)14-19)11-12-35(17)26(36)32-8-5-18-6-9-33(10-7-18)16-20-21(27)3-2-4-22(20)28/h2-4,13-14,17-18H,5-12,15-16H2,1H3,(H,32,36)/t17-/m1/s1. The number of anilines is 1. The zero-order valence-corrected chi connectivity index (χ0v) is 20.3. The van der Waals surface area contributed by atoms with Crippen LogP contribution in [0.2, 0.25) is 0 Å². The summed E-state index contributed by atoms with van der Waals surface area (Å²) in [7, 11) is 0. The summed E-state index contributed by atoms with van der Waals surface area (Å²) >= 11 is 0. The summed E-state index contributed by atoms with van der Waals surface area (Å²) in [6.45, 7) is 5.25. The van der Waals surface area contributed by atoms with Crippen molar-refractivity contribution in [1.82, 2.24) is 15.1 Å². The van der Waals surface area contributed by atoms with E-state index in [0.717, 1.165) is 44.5 Å². The average Bonchev–Trinajstić information content (AvgIpc) is 2.85. The number of amides is 2. The summed E-state index contributed by atoms with van der Waals surface area (Å²) in [6, 6.07) is 5.47. The van der Waals surface area contributed by atoms with E-state index in [1.807, 2.05) is 6.92 Å². The Labute approximate surface area is 207 Å². The molecular weight excluding hydrogens is 479 g/mol. The highest BCUT2D eigenvalue weighted by atomic mass is 19.2. The summed E-state index contributed by atoms with van der Waals surface area (Å²) in [5.41, 5.74) is 0.356. The Morgan fingerprint density at radius 3 is 2.19 bits per heavy atom. The first-order chi connectivity index (χ1) is 17.2. The molecule has 2 amide bonds. The lowest BCUT2D eigenvalue weighted by Gasteiger charge is -2.41. The van der Waals surface area contributed by atoms with Gasteiger partial charge in [-0.3, -0.25) is 4.90 Å². The number of carbonyl (C=O) groups is 1. The molecule has 4 rings (SSSR count). The van der Waals surface area contributed by atoms with Crippen molar-refractivity contribution in [2.75, 3.05) is 44.2 Å². The van der Waals surface area contributed by atoms with Gasteiger partial charge in [0, 0.05) is 62.1 Å². The van der Waals surface area contributed by atoms with E-state index in [2.05, 4.69) is 10.2 Å². The molecule has 0 aromatic heterocycles. The third-order valence-electron chi connectivity index (χ3n) is 7.20. The van der Waals surface area contributed by atoms with E-state index >= 15 is 0 Å². The van der Waals surface area contributed by atoms with Crippen molar-refractivity contribution < 1.29 is 26.7 Å². The van der Waals surface area contributed by atoms with Gasteiger partial charge in [0.15, 0.2) is 17.5 Å². The lowest BCUT2D eigenvalue weighted by molar-refractivity contribution is 0.161. The van der Waals surface area contributed by atoms with Crippen molar-refractivity contribution in [1.29, 1.82) is 0 Å². The Morgan fingerprint density at radius 2 is 1.58 bits per heavy atom. The maximum atomic E-state index is 13.9. The van der Waals surface area contributed by atoms with Gasteiger partial charge >= 0.3 is 6.03 Å². The van der Waals surface area contributed by atoms with Crippen LogP contribution in [0.4, 0.5) is 32.4 Å². The largest absolute Gasteiger partial charge is 0.368 e. The highest BCUT2D eigenvalue weighted by Gasteiger charge is 2.29. The number of likely N-dealkylation sites (tertiary alicyclic amines) is 1. The molecule has 5 nitrogen and oxygen atoms in total. The smallest absolute Gasteiger partial charge is 0.317 e. The summed E-state index contributed by atoms with van der Waals surface area (Å²) in [6.07, 6.45) is 2.60. The summed E-state index contributed by atoms with van der Waals surface area (Å²) in [5, 5.41) is 2.96. The molecule has 36 heavy (non-hydrogen) atoms. The second-order valence-electron chi connectivity index (χ2n) is 9.65. The quantitative estimate of drug-likeness (QED) is 0.444. The fourth-order valence-electron chi connectivity index (χ4n) is 5.04. The number of halogens is 5. The van der Waals surface area contributed by atoms with E-state index in [1.165, 1.54) is 18.2 Å². The second kappa shape index (κ2) is 11.5. The van der Waals surface area contributed by atoms with Gasteiger partial charge in [0.2, 0.25) is 0 Å². The minimum Gasteiger partial charge on any atom is -0.368 e. The molecule has 2 aromatic carbocycles. The number of hydrogen-bond acceptors (Lipinski definition) is 3. The van der Waals surface area contributed by atoms with Gasteiger partial charge < -0.3 is 15.1 Å². The van der Waals surface area contributed by atoms with E-state index in [9.17, 15) is 26.7 Å². The van der Waals surface area contributed by atoms with Crippen LogP contribution in [0.1, 0.15) is 31.7 Å². The number of piperazine rings is 1. The molecule has 10 heteroatoms. The molecule has 0 spiro atoms. The molecule has 2 aliphatic heterocycles. The molecule has 2 fully saturated rings. The zero-order valence-electron chi connectivity index (χ0n) is 20.3. The molecule has 0 aliphatic carbocycles. The minimum atomic E-state index is -1.49. The van der Waals surface area contributed by atoms with Crippen molar-refractivity contribution in [3.05, 3.63) is 65.0 Å². The first-order valence-corrected chi connectivity index (χ1v) is 12.3. The molecule has 1 N–H and O–H groups in total. The van der Waals surface area contributed by atoms with Gasteiger partial charge in [0.1, 0.15) is 11.6 Å². The van der Waals surface area contributed by atoms with E-state index in [1.54, 1.807) is 9.80 Å². The molecule has 2 saturated heterocycles. The van der Waals surface area contributed by atoms with Crippen molar-refractivity contribution in [2.24, 2.45) is 5.92 Å². The third kappa shape index (κ3) is 6.08. The molecule has 0 saturated carbocycles. The molecule has 0 bridgehead atoms. The first kappa shape index (κ1) is 26.2. The molecule has 196 valence electrons. The van der Waals surface area contributed by atoms with Crippen molar-refractivity contribution >= 4 is 11.7 Å². The van der Waals surface area contributed by atoms with Gasteiger partial charge in [-0.15, -0.1) is 0 Å². The average molecular weight is 511 g/mol. The lowest BCUT2D eigenvalue weighted by atomic mass is 9.93. The van der Waals surface area contributed by atoms with Crippen LogP contribution in [0.3, 0.4) is 0 Å². The van der Waals surface area contributed by atoms with E-state index < -0.39 is 29.1 Å². The summed E-state index contributed by atoms with van der Waals surface area (Å²) in [5.74, 6) is -4.58. The van der Waals surface area contributed by atoms with Crippen LogP contribution in [0.15, 0.2) is 30.3 Å². The van der Waals surface area contributed by atoms with Crippen LogP contribution in [0, 0.1) is 35.0 Å². The fraction of sp³-hybridized carbons (Fsp3) is 0.500. The van der Waals surface area contributed by atoms with Crippen LogP contribution in [0.25, 0.3) is 0 Å². The minimum absolute atomic E-state index is 0.104. The van der Waals surface area contributed by atoms with E-state index in [-0.39, 0.29) is 29.9 Å². The zero-order chi connectivity index (χ0) is 25.8. The predicted molar refractivity (Wildman–Crippen MR) is 127 cm³/mol. The highest BCUT2D eigenvalue weighted by molar-refractivity contribution is 5.75. The van der Waals surface area contributed by atoms with E-state index in [4.69, 9.17) is 0 Å². The number of piperidine rings is 1. The fourth-order valence-corrected chi connectivity index (χ4v) is 5.04. The van der Waals surface area contributed by atoms with Crippen molar-refractivity contribution in [2.45, 2.75) is 38.8 Å². The van der Waals surface area contributed by atoms with Gasteiger partial charge in [0.05, 0.1) is 0 Å². The van der Waals surface area contributed by atoms with Crippen LogP contribution in [-0.4, -0.2) is 61.1 Å².